The summed E-state index contributed by atoms with van der Waals surface area (Å²) in [7, 11) is 0. The minimum absolute atomic E-state index is 0.0784. The van der Waals surface area contributed by atoms with Gasteiger partial charge in [0.2, 0.25) is 17.7 Å². The van der Waals surface area contributed by atoms with Gasteiger partial charge in [-0.05, 0) is 30.5 Å². The van der Waals surface area contributed by atoms with Gasteiger partial charge in [-0.1, -0.05) is 19.1 Å². The van der Waals surface area contributed by atoms with E-state index in [0.29, 0.717) is 45.4 Å². The summed E-state index contributed by atoms with van der Waals surface area (Å²) in [6.07, 6.45) is 2.66. The van der Waals surface area contributed by atoms with Crippen LogP contribution in [0.5, 0.6) is 0 Å². The molecule has 6 heteroatoms. The summed E-state index contributed by atoms with van der Waals surface area (Å²) in [6, 6.07) is 7.40. The number of carbonyl (C=O) groups excluding carboxylic acids is 3. The lowest BCUT2D eigenvalue weighted by atomic mass is 10.1. The van der Waals surface area contributed by atoms with Crippen LogP contribution in [0.2, 0.25) is 0 Å². The molecular formula is C18H24N2O4. The molecule has 24 heavy (non-hydrogen) atoms. The SMILES string of the molecule is CCCOCCC(=O)Nc1ccc(CCC(=O)N2CCC2=O)cc1. The van der Waals surface area contributed by atoms with Crippen LogP contribution in [0.4, 0.5) is 5.69 Å². The van der Waals surface area contributed by atoms with Crippen LogP contribution in [0.3, 0.4) is 0 Å². The van der Waals surface area contributed by atoms with Crippen molar-refractivity contribution >= 4 is 23.4 Å². The number of rotatable bonds is 9. The third-order valence-corrected chi connectivity index (χ3v) is 3.84. The average Bonchev–Trinajstić information content (AvgIpc) is 2.57. The van der Waals surface area contributed by atoms with Gasteiger partial charge in [0.15, 0.2) is 0 Å². The molecule has 6 nitrogen and oxygen atoms in total. The zero-order valence-electron chi connectivity index (χ0n) is 14.0. The summed E-state index contributed by atoms with van der Waals surface area (Å²) in [5, 5.41) is 2.81. The lowest BCUT2D eigenvalue weighted by Crippen LogP contribution is -2.47. The van der Waals surface area contributed by atoms with Gasteiger partial charge in [-0.2, -0.15) is 0 Å². The van der Waals surface area contributed by atoms with Crippen molar-refractivity contribution in [3.05, 3.63) is 29.8 Å². The number of ether oxygens (including phenoxy) is 1. The number of anilines is 1. The Balaban J connectivity index is 1.71. The third kappa shape index (κ3) is 5.45. The van der Waals surface area contributed by atoms with E-state index in [0.717, 1.165) is 17.7 Å². The molecule has 2 rings (SSSR count). The van der Waals surface area contributed by atoms with Crippen LogP contribution in [0.15, 0.2) is 24.3 Å². The number of imide groups is 1. The topological polar surface area (TPSA) is 75.7 Å². The van der Waals surface area contributed by atoms with Crippen LogP contribution in [0.25, 0.3) is 0 Å². The van der Waals surface area contributed by atoms with Gasteiger partial charge in [-0.15, -0.1) is 0 Å². The molecule has 0 bridgehead atoms. The van der Waals surface area contributed by atoms with Crippen LogP contribution in [0.1, 0.15) is 38.2 Å². The third-order valence-electron chi connectivity index (χ3n) is 3.84. The summed E-state index contributed by atoms with van der Waals surface area (Å²) in [5.41, 5.74) is 1.73. The number of hydrogen-bond acceptors (Lipinski definition) is 4. The minimum Gasteiger partial charge on any atom is -0.381 e. The molecule has 1 N–H and O–H groups in total. The smallest absolute Gasteiger partial charge is 0.230 e. The quantitative estimate of drug-likeness (QED) is 0.555. The van der Waals surface area contributed by atoms with Crippen LogP contribution in [0, 0.1) is 0 Å². The van der Waals surface area contributed by atoms with Crippen molar-refractivity contribution in [3.63, 3.8) is 0 Å². The van der Waals surface area contributed by atoms with Crippen LogP contribution < -0.4 is 5.32 Å². The zero-order valence-corrected chi connectivity index (χ0v) is 14.0. The van der Waals surface area contributed by atoms with Crippen molar-refractivity contribution in [3.8, 4) is 0 Å². The molecule has 0 aromatic heterocycles. The molecule has 1 saturated heterocycles. The van der Waals surface area contributed by atoms with E-state index in [4.69, 9.17) is 4.74 Å². The molecule has 1 aliphatic rings. The molecule has 0 aliphatic carbocycles. The van der Waals surface area contributed by atoms with Gasteiger partial charge in [0.1, 0.15) is 0 Å². The molecule has 130 valence electrons. The molecule has 0 unspecified atom stereocenters. The Morgan fingerprint density at radius 1 is 1.17 bits per heavy atom. The maximum absolute atomic E-state index is 11.8. The predicted octanol–water partition coefficient (Wildman–Crippen LogP) is 2.13. The van der Waals surface area contributed by atoms with Gasteiger partial charge in [0.25, 0.3) is 0 Å². The van der Waals surface area contributed by atoms with Crippen LogP contribution in [-0.2, 0) is 25.5 Å². The second kappa shape index (κ2) is 9.17. The van der Waals surface area contributed by atoms with Crippen molar-refractivity contribution in [1.82, 2.24) is 4.90 Å². The van der Waals surface area contributed by atoms with Gasteiger partial charge in [0.05, 0.1) is 13.0 Å². The van der Waals surface area contributed by atoms with E-state index in [2.05, 4.69) is 5.32 Å². The molecule has 1 fully saturated rings. The summed E-state index contributed by atoms with van der Waals surface area (Å²) in [5.74, 6) is -0.276. The number of β-lactam (4-membered cyclic amide) rings is 1. The summed E-state index contributed by atoms with van der Waals surface area (Å²) >= 11 is 0. The van der Waals surface area contributed by atoms with Gasteiger partial charge in [-0.25, -0.2) is 0 Å². The number of likely N-dealkylation sites (tertiary alicyclic amines) is 1. The Kier molecular flexibility index (Phi) is 6.93. The molecule has 1 aliphatic heterocycles. The van der Waals surface area contributed by atoms with E-state index in [1.165, 1.54) is 4.90 Å². The second-order valence-electron chi connectivity index (χ2n) is 5.80. The lowest BCUT2D eigenvalue weighted by molar-refractivity contribution is -0.152. The highest BCUT2D eigenvalue weighted by atomic mass is 16.5. The number of carbonyl (C=O) groups is 3. The van der Waals surface area contributed by atoms with E-state index in [1.807, 2.05) is 31.2 Å². The summed E-state index contributed by atoms with van der Waals surface area (Å²) in [4.78, 5) is 36.1. The zero-order chi connectivity index (χ0) is 17.4. The number of hydrogen-bond donors (Lipinski definition) is 1. The summed E-state index contributed by atoms with van der Waals surface area (Å²) < 4.78 is 5.28. The highest BCUT2D eigenvalue weighted by Gasteiger charge is 2.29. The van der Waals surface area contributed by atoms with Crippen molar-refractivity contribution in [1.29, 1.82) is 0 Å². The molecule has 3 amide bonds. The number of aryl methyl sites for hydroxylation is 1. The fraction of sp³-hybridized carbons (Fsp3) is 0.500. The monoisotopic (exact) mass is 332 g/mol. The Morgan fingerprint density at radius 2 is 1.92 bits per heavy atom. The van der Waals surface area contributed by atoms with Crippen molar-refractivity contribution in [2.24, 2.45) is 0 Å². The van der Waals surface area contributed by atoms with E-state index in [1.54, 1.807) is 0 Å². The molecule has 1 heterocycles. The number of nitrogens with zero attached hydrogens (tertiary/aromatic N) is 1. The molecule has 0 atom stereocenters. The highest BCUT2D eigenvalue weighted by Crippen LogP contribution is 2.14. The van der Waals surface area contributed by atoms with Gasteiger partial charge >= 0.3 is 0 Å². The maximum atomic E-state index is 11.8. The number of nitrogens with one attached hydrogen (secondary N) is 1. The fourth-order valence-electron chi connectivity index (χ4n) is 2.35. The fourth-order valence-corrected chi connectivity index (χ4v) is 2.35. The maximum Gasteiger partial charge on any atom is 0.230 e. The number of benzene rings is 1. The normalized spacial score (nSPS) is 13.5. The Labute approximate surface area is 142 Å². The largest absolute Gasteiger partial charge is 0.381 e. The molecule has 0 spiro atoms. The van der Waals surface area contributed by atoms with Gasteiger partial charge < -0.3 is 10.1 Å². The van der Waals surface area contributed by atoms with Crippen LogP contribution in [-0.4, -0.2) is 42.4 Å². The molecule has 0 saturated carbocycles. The van der Waals surface area contributed by atoms with Gasteiger partial charge in [0, 0.05) is 31.7 Å². The first-order valence-corrected chi connectivity index (χ1v) is 8.40. The standard InChI is InChI=1S/C18H24N2O4/c1-2-12-24-13-10-16(21)19-15-6-3-14(4-7-15)5-8-17(22)20-11-9-18(20)23/h3-4,6-7H,2,5,8-13H2,1H3,(H,19,21). The lowest BCUT2D eigenvalue weighted by Gasteiger charge is -2.28. The van der Waals surface area contributed by atoms with Crippen molar-refractivity contribution < 1.29 is 19.1 Å². The van der Waals surface area contributed by atoms with Crippen molar-refractivity contribution in [2.45, 2.75) is 39.0 Å². The van der Waals surface area contributed by atoms with E-state index in [-0.39, 0.29) is 17.7 Å². The van der Waals surface area contributed by atoms with E-state index >= 15 is 0 Å². The number of amides is 3. The van der Waals surface area contributed by atoms with Crippen LogP contribution >= 0.6 is 0 Å². The second-order valence-corrected chi connectivity index (χ2v) is 5.80. The average molecular weight is 332 g/mol. The Hall–Kier alpha value is -2.21. The first kappa shape index (κ1) is 18.1. The molecule has 1 aromatic rings. The predicted molar refractivity (Wildman–Crippen MR) is 90.5 cm³/mol. The van der Waals surface area contributed by atoms with E-state index < -0.39 is 0 Å². The molecule has 0 radical (unpaired) electrons. The summed E-state index contributed by atoms with van der Waals surface area (Å²) in [6.45, 7) is 3.67. The molecule has 1 aromatic carbocycles. The minimum atomic E-state index is -0.115. The highest BCUT2D eigenvalue weighted by molar-refractivity contribution is 5.99. The van der Waals surface area contributed by atoms with E-state index in [9.17, 15) is 14.4 Å². The first-order chi connectivity index (χ1) is 11.6. The first-order valence-electron chi connectivity index (χ1n) is 8.40. The Bertz CT molecular complexity index is 583. The van der Waals surface area contributed by atoms with Crippen molar-refractivity contribution in [2.75, 3.05) is 25.1 Å². The molecular weight excluding hydrogens is 308 g/mol. The van der Waals surface area contributed by atoms with Gasteiger partial charge in [-0.3, -0.25) is 19.3 Å². The Morgan fingerprint density at radius 3 is 2.50 bits per heavy atom.